The van der Waals surface area contributed by atoms with Gasteiger partial charge >= 0.3 is 0 Å². The second kappa shape index (κ2) is 7.90. The molecule has 0 saturated carbocycles. The van der Waals surface area contributed by atoms with Gasteiger partial charge in [0.2, 0.25) is 5.95 Å². The zero-order valence-corrected chi connectivity index (χ0v) is 15.2. The number of nitrogens with zero attached hydrogens (tertiary/aromatic N) is 2. The number of carbonyl (C=O) groups is 1. The maximum Gasteiger partial charge on any atom is 0.274 e. The molecule has 1 aromatic heterocycles. The molecule has 0 fully saturated rings. The number of benzene rings is 2. The summed E-state index contributed by atoms with van der Waals surface area (Å²) in [5.74, 6) is 0.145. The van der Waals surface area contributed by atoms with Gasteiger partial charge in [0, 0.05) is 22.9 Å². The number of anilines is 2. The lowest BCUT2D eigenvalue weighted by Gasteiger charge is -2.08. The van der Waals surface area contributed by atoms with Crippen molar-refractivity contribution < 1.29 is 4.79 Å². The normalized spacial score (nSPS) is 10.3. The number of hydrogen-bond acceptors (Lipinski definition) is 4. The summed E-state index contributed by atoms with van der Waals surface area (Å²) in [6.07, 6.45) is 1.57. The summed E-state index contributed by atoms with van der Waals surface area (Å²) < 4.78 is 0.954. The molecule has 0 aliphatic heterocycles. The topological polar surface area (TPSA) is 66.9 Å². The molecular weight excluding hydrogens is 380 g/mol. The predicted octanol–water partition coefficient (Wildman–Crippen LogP) is 4.41. The molecular formula is C19H17BrN4O. The van der Waals surface area contributed by atoms with E-state index in [1.54, 1.807) is 12.3 Å². The molecule has 0 aliphatic rings. The van der Waals surface area contributed by atoms with Gasteiger partial charge in [-0.2, -0.15) is 0 Å². The highest BCUT2D eigenvalue weighted by atomic mass is 79.9. The van der Waals surface area contributed by atoms with E-state index < -0.39 is 0 Å². The average molecular weight is 397 g/mol. The van der Waals surface area contributed by atoms with Crippen molar-refractivity contribution in [1.29, 1.82) is 0 Å². The summed E-state index contributed by atoms with van der Waals surface area (Å²) in [6, 6.07) is 17.2. The van der Waals surface area contributed by atoms with E-state index in [1.807, 2.05) is 43.3 Å². The van der Waals surface area contributed by atoms with Crippen LogP contribution in [0.1, 0.15) is 21.6 Å². The molecule has 5 nitrogen and oxygen atoms in total. The van der Waals surface area contributed by atoms with Crippen LogP contribution in [-0.4, -0.2) is 15.9 Å². The Morgan fingerprint density at radius 2 is 1.76 bits per heavy atom. The van der Waals surface area contributed by atoms with Crippen LogP contribution < -0.4 is 10.6 Å². The first-order chi connectivity index (χ1) is 12.1. The highest BCUT2D eigenvalue weighted by molar-refractivity contribution is 9.10. The lowest BCUT2D eigenvalue weighted by Crippen LogP contribution is -2.15. The molecule has 0 unspecified atom stereocenters. The van der Waals surface area contributed by atoms with Crippen LogP contribution >= 0.6 is 15.9 Å². The van der Waals surface area contributed by atoms with Gasteiger partial charge in [0.25, 0.3) is 5.91 Å². The summed E-state index contributed by atoms with van der Waals surface area (Å²) in [6.45, 7) is 2.64. The van der Waals surface area contributed by atoms with Gasteiger partial charge in [0.05, 0.1) is 0 Å². The van der Waals surface area contributed by atoms with Crippen LogP contribution in [-0.2, 0) is 6.54 Å². The fourth-order valence-electron chi connectivity index (χ4n) is 2.19. The van der Waals surface area contributed by atoms with Crippen molar-refractivity contribution in [1.82, 2.24) is 9.97 Å². The number of halogens is 1. The number of rotatable bonds is 5. The largest absolute Gasteiger partial charge is 0.350 e. The Kier molecular flexibility index (Phi) is 5.40. The number of hydrogen-bond donors (Lipinski definition) is 2. The van der Waals surface area contributed by atoms with Crippen LogP contribution in [0.3, 0.4) is 0 Å². The third-order valence-electron chi connectivity index (χ3n) is 3.56. The van der Waals surface area contributed by atoms with Gasteiger partial charge in [-0.05, 0) is 42.8 Å². The summed E-state index contributed by atoms with van der Waals surface area (Å²) >= 11 is 3.36. The van der Waals surface area contributed by atoms with Crippen molar-refractivity contribution in [2.45, 2.75) is 13.5 Å². The molecule has 0 aliphatic carbocycles. The van der Waals surface area contributed by atoms with Crippen molar-refractivity contribution in [3.63, 3.8) is 0 Å². The van der Waals surface area contributed by atoms with E-state index in [4.69, 9.17) is 0 Å². The lowest BCUT2D eigenvalue weighted by molar-refractivity contribution is 0.102. The van der Waals surface area contributed by atoms with Gasteiger partial charge in [-0.1, -0.05) is 45.8 Å². The first-order valence-electron chi connectivity index (χ1n) is 7.79. The minimum atomic E-state index is -0.275. The van der Waals surface area contributed by atoms with Gasteiger partial charge in [-0.25, -0.2) is 9.97 Å². The Labute approximate surface area is 154 Å². The molecule has 1 heterocycles. The standard InChI is InChI=1S/C19H17BrN4O/c1-13-2-4-14(5-3-13)12-22-19-21-11-10-17(24-19)18(25)23-16-8-6-15(20)7-9-16/h2-11H,12H2,1H3,(H,23,25)(H,21,22,24). The average Bonchev–Trinajstić information content (AvgIpc) is 2.63. The SMILES string of the molecule is Cc1ccc(CNc2nccc(C(=O)Nc3ccc(Br)cc3)n2)cc1. The fourth-order valence-corrected chi connectivity index (χ4v) is 2.45. The molecule has 0 saturated heterocycles. The van der Waals surface area contributed by atoms with E-state index in [2.05, 4.69) is 48.7 Å². The van der Waals surface area contributed by atoms with Crippen LogP contribution in [0.25, 0.3) is 0 Å². The minimum Gasteiger partial charge on any atom is -0.350 e. The van der Waals surface area contributed by atoms with Gasteiger partial charge in [0.15, 0.2) is 0 Å². The Balaban J connectivity index is 1.64. The number of aryl methyl sites for hydroxylation is 1. The molecule has 2 N–H and O–H groups in total. The highest BCUT2D eigenvalue weighted by Crippen LogP contribution is 2.15. The van der Waals surface area contributed by atoms with Crippen LogP contribution in [0.4, 0.5) is 11.6 Å². The zero-order valence-electron chi connectivity index (χ0n) is 13.7. The number of aromatic nitrogens is 2. The maximum absolute atomic E-state index is 12.3. The Morgan fingerprint density at radius 1 is 1.04 bits per heavy atom. The van der Waals surface area contributed by atoms with Crippen LogP contribution in [0, 0.1) is 6.92 Å². The first-order valence-corrected chi connectivity index (χ1v) is 8.59. The quantitative estimate of drug-likeness (QED) is 0.669. The van der Waals surface area contributed by atoms with Crippen molar-refractivity contribution in [2.24, 2.45) is 0 Å². The number of carbonyl (C=O) groups excluding carboxylic acids is 1. The zero-order chi connectivity index (χ0) is 17.6. The van der Waals surface area contributed by atoms with Crippen LogP contribution in [0.15, 0.2) is 65.3 Å². The Morgan fingerprint density at radius 3 is 2.48 bits per heavy atom. The summed E-state index contributed by atoms with van der Waals surface area (Å²) in [5.41, 5.74) is 3.36. The van der Waals surface area contributed by atoms with Crippen molar-refractivity contribution in [2.75, 3.05) is 10.6 Å². The number of nitrogens with one attached hydrogen (secondary N) is 2. The molecule has 0 radical (unpaired) electrons. The molecule has 0 spiro atoms. The molecule has 126 valence electrons. The molecule has 1 amide bonds. The molecule has 25 heavy (non-hydrogen) atoms. The molecule has 6 heteroatoms. The smallest absolute Gasteiger partial charge is 0.274 e. The summed E-state index contributed by atoms with van der Waals surface area (Å²) in [5, 5.41) is 5.95. The summed E-state index contributed by atoms with van der Waals surface area (Å²) in [7, 11) is 0. The van der Waals surface area contributed by atoms with E-state index in [1.165, 1.54) is 5.56 Å². The molecule has 3 rings (SSSR count). The van der Waals surface area contributed by atoms with Crippen molar-refractivity contribution in [3.8, 4) is 0 Å². The lowest BCUT2D eigenvalue weighted by atomic mass is 10.1. The Bertz CT molecular complexity index is 863. The van der Waals surface area contributed by atoms with E-state index in [0.717, 1.165) is 10.0 Å². The van der Waals surface area contributed by atoms with Gasteiger partial charge < -0.3 is 10.6 Å². The monoisotopic (exact) mass is 396 g/mol. The summed E-state index contributed by atoms with van der Waals surface area (Å²) in [4.78, 5) is 20.8. The maximum atomic E-state index is 12.3. The predicted molar refractivity (Wildman–Crippen MR) is 103 cm³/mol. The van der Waals surface area contributed by atoms with Crippen molar-refractivity contribution in [3.05, 3.63) is 82.1 Å². The van der Waals surface area contributed by atoms with E-state index >= 15 is 0 Å². The molecule has 0 bridgehead atoms. The third-order valence-corrected chi connectivity index (χ3v) is 4.09. The molecule has 0 atom stereocenters. The minimum absolute atomic E-state index is 0.275. The second-order valence-electron chi connectivity index (χ2n) is 5.57. The van der Waals surface area contributed by atoms with Gasteiger partial charge in [0.1, 0.15) is 5.69 Å². The van der Waals surface area contributed by atoms with Gasteiger partial charge in [-0.15, -0.1) is 0 Å². The van der Waals surface area contributed by atoms with Gasteiger partial charge in [-0.3, -0.25) is 4.79 Å². The van der Waals surface area contributed by atoms with Crippen LogP contribution in [0.5, 0.6) is 0 Å². The first kappa shape index (κ1) is 17.1. The molecule has 3 aromatic rings. The molecule has 2 aromatic carbocycles. The fraction of sp³-hybridized carbons (Fsp3) is 0.105. The van der Waals surface area contributed by atoms with Crippen molar-refractivity contribution >= 4 is 33.5 Å². The third kappa shape index (κ3) is 4.87. The van der Waals surface area contributed by atoms with E-state index in [0.29, 0.717) is 23.9 Å². The van der Waals surface area contributed by atoms with E-state index in [-0.39, 0.29) is 5.91 Å². The highest BCUT2D eigenvalue weighted by Gasteiger charge is 2.09. The van der Waals surface area contributed by atoms with Crippen LogP contribution in [0.2, 0.25) is 0 Å². The number of amides is 1. The second-order valence-corrected chi connectivity index (χ2v) is 6.48. The van der Waals surface area contributed by atoms with E-state index in [9.17, 15) is 4.79 Å². The Hall–Kier alpha value is -2.73.